The number of piperazine rings is 1. The summed E-state index contributed by atoms with van der Waals surface area (Å²) in [6.07, 6.45) is 7.08. The zero-order chi connectivity index (χ0) is 23.3. The van der Waals surface area contributed by atoms with Crippen molar-refractivity contribution in [3.05, 3.63) is 48.1 Å². The quantitative estimate of drug-likeness (QED) is 0.514. The van der Waals surface area contributed by atoms with E-state index in [2.05, 4.69) is 31.6 Å². The second kappa shape index (κ2) is 11.4. The maximum atomic E-state index is 12.8. The number of rotatable bonds is 4. The number of carbonyl (C=O) groups is 1. The minimum absolute atomic E-state index is 0. The van der Waals surface area contributed by atoms with Crippen molar-refractivity contribution in [3.63, 3.8) is 0 Å². The molecule has 2 aliphatic rings. The van der Waals surface area contributed by atoms with E-state index in [1.54, 1.807) is 19.5 Å². The van der Waals surface area contributed by atoms with Gasteiger partial charge in [0.1, 0.15) is 5.75 Å². The molecule has 1 amide bonds. The van der Waals surface area contributed by atoms with E-state index in [1.807, 2.05) is 29.2 Å². The molecule has 0 N–H and O–H groups in total. The van der Waals surface area contributed by atoms with E-state index < -0.39 is 0 Å². The number of hydrogen-bond acceptors (Lipinski definition) is 7. The first-order valence-corrected chi connectivity index (χ1v) is 11.9. The van der Waals surface area contributed by atoms with Gasteiger partial charge in [-0.05, 0) is 56.1 Å². The Hall–Kier alpha value is -3.28. The van der Waals surface area contributed by atoms with E-state index in [0.29, 0.717) is 42.4 Å². The average molecular weight is 496 g/mol. The molecule has 0 bridgehead atoms. The molecule has 2 aromatic heterocycles. The lowest BCUT2D eigenvalue weighted by atomic mass is 10.1. The fourth-order valence-electron chi connectivity index (χ4n) is 4.61. The summed E-state index contributed by atoms with van der Waals surface area (Å²) in [7, 11) is 1.62. The van der Waals surface area contributed by atoms with Crippen LogP contribution in [0.2, 0.25) is 0 Å². The van der Waals surface area contributed by atoms with Crippen molar-refractivity contribution < 1.29 is 13.9 Å². The first-order valence-electron chi connectivity index (χ1n) is 11.9. The van der Waals surface area contributed by atoms with Gasteiger partial charge in [-0.3, -0.25) is 14.7 Å². The summed E-state index contributed by atoms with van der Waals surface area (Å²) < 4.78 is 11.6. The Bertz CT molecular complexity index is 1210. The number of likely N-dealkylation sites (tertiary alicyclic amines) is 1. The second-order valence-corrected chi connectivity index (χ2v) is 8.68. The molecule has 5 rings (SSSR count). The molecule has 9 heteroatoms. The highest BCUT2D eigenvalue weighted by molar-refractivity contribution is 5.92. The van der Waals surface area contributed by atoms with Crippen LogP contribution < -0.4 is 9.64 Å². The first kappa shape index (κ1) is 24.8. The van der Waals surface area contributed by atoms with Crippen LogP contribution >= 0.6 is 12.4 Å². The van der Waals surface area contributed by atoms with Crippen molar-refractivity contribution >= 4 is 35.1 Å². The summed E-state index contributed by atoms with van der Waals surface area (Å²) >= 11 is 0. The Morgan fingerprint density at radius 3 is 2.57 bits per heavy atom. The number of halogens is 1. The number of oxazole rings is 1. The first-order chi connectivity index (χ1) is 16.7. The number of hydrogen-bond donors (Lipinski definition) is 0. The number of benzene rings is 1. The molecule has 2 saturated heterocycles. The molecule has 1 aromatic carbocycles. The lowest BCUT2D eigenvalue weighted by Gasteiger charge is -2.37. The monoisotopic (exact) mass is 495 g/mol. The van der Waals surface area contributed by atoms with Crippen LogP contribution in [0.4, 0.5) is 5.69 Å². The van der Waals surface area contributed by atoms with E-state index in [9.17, 15) is 4.79 Å². The molecule has 2 aliphatic heterocycles. The van der Waals surface area contributed by atoms with Crippen LogP contribution in [0.25, 0.3) is 11.1 Å². The molecular weight excluding hydrogens is 466 g/mol. The molecule has 0 saturated carbocycles. The van der Waals surface area contributed by atoms with Gasteiger partial charge in [-0.1, -0.05) is 12.3 Å². The summed E-state index contributed by atoms with van der Waals surface area (Å²) in [5.41, 5.74) is 3.05. The number of piperidine rings is 1. The smallest absolute Gasteiger partial charge is 0.274 e. The molecule has 4 heterocycles. The van der Waals surface area contributed by atoms with Gasteiger partial charge in [0, 0.05) is 44.1 Å². The zero-order valence-electron chi connectivity index (χ0n) is 19.9. The fraction of sp³-hybridized carbons (Fsp3) is 0.423. The van der Waals surface area contributed by atoms with Crippen LogP contribution in [0.1, 0.15) is 30.7 Å². The van der Waals surface area contributed by atoms with Crippen molar-refractivity contribution in [3.8, 4) is 17.6 Å². The predicted molar refractivity (Wildman–Crippen MR) is 137 cm³/mol. The Balaban J connectivity index is 0.00000289. The normalized spacial score (nSPS) is 16.4. The van der Waals surface area contributed by atoms with E-state index in [-0.39, 0.29) is 18.3 Å². The maximum absolute atomic E-state index is 12.8. The minimum Gasteiger partial charge on any atom is -0.494 e. The molecule has 8 nitrogen and oxygen atoms in total. The molecule has 3 aromatic rings. The highest BCUT2D eigenvalue weighted by atomic mass is 35.5. The van der Waals surface area contributed by atoms with Gasteiger partial charge in [0.05, 0.1) is 19.3 Å². The SMILES string of the molecule is COc1ccc(N2CCN(C(=O)CN3CCCCC3)CC2)c2oc(C#Cc3cccnc3)nc12.Cl. The topological polar surface area (TPSA) is 74.9 Å². The number of anilines is 1. The molecule has 184 valence electrons. The average Bonchev–Trinajstić information content (AvgIpc) is 3.32. The summed E-state index contributed by atoms with van der Waals surface area (Å²) in [4.78, 5) is 28.0. The summed E-state index contributed by atoms with van der Waals surface area (Å²) in [5.74, 6) is 7.24. The Labute approximate surface area is 211 Å². The van der Waals surface area contributed by atoms with Gasteiger partial charge in [-0.25, -0.2) is 0 Å². The van der Waals surface area contributed by atoms with E-state index in [1.165, 1.54) is 19.3 Å². The van der Waals surface area contributed by atoms with E-state index in [4.69, 9.17) is 9.15 Å². The van der Waals surface area contributed by atoms with Crippen molar-refractivity contribution in [2.24, 2.45) is 0 Å². The highest BCUT2D eigenvalue weighted by Gasteiger charge is 2.26. The number of nitrogens with zero attached hydrogens (tertiary/aromatic N) is 5. The lowest BCUT2D eigenvalue weighted by Crippen LogP contribution is -2.51. The molecule has 0 radical (unpaired) electrons. The molecule has 35 heavy (non-hydrogen) atoms. The molecule has 0 atom stereocenters. The Morgan fingerprint density at radius 2 is 1.86 bits per heavy atom. The van der Waals surface area contributed by atoms with Crippen LogP contribution in [-0.2, 0) is 4.79 Å². The van der Waals surface area contributed by atoms with Gasteiger partial charge in [0.2, 0.25) is 5.91 Å². The van der Waals surface area contributed by atoms with Crippen LogP contribution in [0.3, 0.4) is 0 Å². The number of methoxy groups -OCH3 is 1. The summed E-state index contributed by atoms with van der Waals surface area (Å²) in [5, 5.41) is 0. The van der Waals surface area contributed by atoms with Crippen LogP contribution in [0.15, 0.2) is 41.1 Å². The fourth-order valence-corrected chi connectivity index (χ4v) is 4.61. The Morgan fingerprint density at radius 1 is 1.06 bits per heavy atom. The van der Waals surface area contributed by atoms with Crippen molar-refractivity contribution in [1.29, 1.82) is 0 Å². The van der Waals surface area contributed by atoms with Crippen LogP contribution in [-0.4, -0.2) is 78.6 Å². The van der Waals surface area contributed by atoms with Gasteiger partial charge < -0.3 is 19.0 Å². The maximum Gasteiger partial charge on any atom is 0.274 e. The van der Waals surface area contributed by atoms with Crippen molar-refractivity contribution in [2.75, 3.05) is 57.8 Å². The molecule has 0 spiro atoms. The van der Waals surface area contributed by atoms with E-state index >= 15 is 0 Å². The van der Waals surface area contributed by atoms with Crippen LogP contribution in [0.5, 0.6) is 5.75 Å². The summed E-state index contributed by atoms with van der Waals surface area (Å²) in [6.45, 7) is 5.48. The number of amides is 1. The third-order valence-corrected chi connectivity index (χ3v) is 6.46. The zero-order valence-corrected chi connectivity index (χ0v) is 20.7. The molecular formula is C26H30ClN5O3. The van der Waals surface area contributed by atoms with Crippen molar-refractivity contribution in [1.82, 2.24) is 19.8 Å². The number of fused-ring (bicyclic) bond motifs is 1. The number of pyridine rings is 1. The minimum atomic E-state index is 0. The van der Waals surface area contributed by atoms with Gasteiger partial charge in [0.15, 0.2) is 11.1 Å². The molecule has 2 fully saturated rings. The third-order valence-electron chi connectivity index (χ3n) is 6.46. The molecule has 0 unspecified atom stereocenters. The van der Waals surface area contributed by atoms with Crippen LogP contribution in [0, 0.1) is 11.8 Å². The standard InChI is InChI=1S/C26H29N5O3.ClH/c1-33-22-9-8-21(26-25(22)28-23(34-26)10-7-20-6-5-11-27-18-20)30-14-16-31(17-15-30)24(32)19-29-12-3-2-4-13-29;/h5-6,8-9,11,18H,2-4,12-17,19H2,1H3;1H. The highest BCUT2D eigenvalue weighted by Crippen LogP contribution is 2.34. The van der Waals surface area contributed by atoms with Gasteiger partial charge in [-0.2, -0.15) is 4.98 Å². The Kier molecular flexibility index (Phi) is 8.11. The third kappa shape index (κ3) is 5.69. The van der Waals surface area contributed by atoms with Gasteiger partial charge in [-0.15, -0.1) is 12.4 Å². The number of aromatic nitrogens is 2. The molecule has 0 aliphatic carbocycles. The van der Waals surface area contributed by atoms with Gasteiger partial charge >= 0.3 is 0 Å². The van der Waals surface area contributed by atoms with Gasteiger partial charge in [0.25, 0.3) is 5.89 Å². The largest absolute Gasteiger partial charge is 0.494 e. The number of ether oxygens (including phenoxy) is 1. The van der Waals surface area contributed by atoms with E-state index in [0.717, 1.165) is 37.4 Å². The number of carbonyl (C=O) groups excluding carboxylic acids is 1. The second-order valence-electron chi connectivity index (χ2n) is 8.68. The lowest BCUT2D eigenvalue weighted by molar-refractivity contribution is -0.132. The van der Waals surface area contributed by atoms with Crippen molar-refractivity contribution in [2.45, 2.75) is 19.3 Å². The predicted octanol–water partition coefficient (Wildman–Crippen LogP) is 3.19. The summed E-state index contributed by atoms with van der Waals surface area (Å²) in [6, 6.07) is 7.64.